The second-order valence-electron chi connectivity index (χ2n) is 5.07. The first kappa shape index (κ1) is 13.5. The summed E-state index contributed by atoms with van der Waals surface area (Å²) in [4.78, 5) is 35.1. The maximum atomic E-state index is 11.8. The molecule has 17 heavy (non-hydrogen) atoms. The Morgan fingerprint density at radius 3 is 2.41 bits per heavy atom. The number of hydrogen-bond acceptors (Lipinski definition) is 4. The molecule has 0 bridgehead atoms. The summed E-state index contributed by atoms with van der Waals surface area (Å²) in [7, 11) is 0. The van der Waals surface area contributed by atoms with Crippen LogP contribution in [0.4, 0.5) is 4.79 Å². The lowest BCUT2D eigenvalue weighted by molar-refractivity contribution is -0.119. The Balaban J connectivity index is 2.84. The van der Waals surface area contributed by atoms with Crippen LogP contribution in [0.1, 0.15) is 34.1 Å². The van der Waals surface area contributed by atoms with Crippen LogP contribution in [-0.2, 0) is 14.3 Å². The zero-order valence-corrected chi connectivity index (χ0v) is 10.6. The van der Waals surface area contributed by atoms with E-state index in [0.717, 1.165) is 0 Å². The lowest BCUT2D eigenvalue weighted by atomic mass is 10.0. The van der Waals surface area contributed by atoms with Crippen molar-refractivity contribution in [3.05, 3.63) is 5.70 Å². The molecule has 5 nitrogen and oxygen atoms in total. The average Bonchev–Trinajstić information content (AvgIpc) is 2.57. The van der Waals surface area contributed by atoms with Crippen molar-refractivity contribution in [3.8, 4) is 0 Å². The molecule has 0 N–H and O–H groups in total. The van der Waals surface area contributed by atoms with Gasteiger partial charge in [-0.3, -0.25) is 9.69 Å². The fraction of sp³-hybridized carbons (Fsp3) is 0.667. The summed E-state index contributed by atoms with van der Waals surface area (Å²) in [5.41, 5.74) is -0.536. The summed E-state index contributed by atoms with van der Waals surface area (Å²) in [6.45, 7) is 6.96. The number of carbonyl (C=O) groups excluding carboxylic acids is 3. The first-order chi connectivity index (χ1) is 7.76. The van der Waals surface area contributed by atoms with Crippen LogP contribution in [0, 0.1) is 5.92 Å². The van der Waals surface area contributed by atoms with Gasteiger partial charge in [-0.25, -0.2) is 9.59 Å². The number of nitrogens with zero attached hydrogens (tertiary/aromatic N) is 1. The minimum Gasteiger partial charge on any atom is -0.443 e. The lowest BCUT2D eigenvalue weighted by Gasteiger charge is -2.24. The minimum atomic E-state index is -0.626. The average molecular weight is 239 g/mol. The third kappa shape index (κ3) is 3.17. The van der Waals surface area contributed by atoms with E-state index in [1.807, 2.05) is 0 Å². The molecule has 0 aromatic carbocycles. The van der Waals surface area contributed by atoms with E-state index in [0.29, 0.717) is 13.0 Å². The Labute approximate surface area is 100 Å². The van der Waals surface area contributed by atoms with Gasteiger partial charge in [0.15, 0.2) is 0 Å². The number of allylic oxidation sites excluding steroid dienone is 1. The van der Waals surface area contributed by atoms with Crippen molar-refractivity contribution in [2.45, 2.75) is 39.7 Å². The molecule has 0 aromatic heterocycles. The third-order valence-electron chi connectivity index (χ3n) is 2.47. The molecule has 1 amide bonds. The molecule has 5 heteroatoms. The first-order valence-electron chi connectivity index (χ1n) is 5.52. The van der Waals surface area contributed by atoms with E-state index >= 15 is 0 Å². The number of ketones is 1. The largest absolute Gasteiger partial charge is 0.443 e. The summed E-state index contributed by atoms with van der Waals surface area (Å²) in [5, 5.41) is 0. The fourth-order valence-electron chi connectivity index (χ4n) is 1.73. The van der Waals surface area contributed by atoms with Crippen LogP contribution in [0.2, 0.25) is 0 Å². The number of likely N-dealkylation sites (tertiary alicyclic amines) is 1. The highest BCUT2D eigenvalue weighted by Crippen LogP contribution is 2.28. The molecule has 1 rings (SSSR count). The topological polar surface area (TPSA) is 63.7 Å². The molecule has 1 aliphatic heterocycles. The SMILES string of the molecule is CC(=O)C1CCN(C(=O)OC(C)(C)C)C1=C=O. The quantitative estimate of drug-likeness (QED) is 0.651. The van der Waals surface area contributed by atoms with E-state index < -0.39 is 17.6 Å². The van der Waals surface area contributed by atoms with Gasteiger partial charge in [0.1, 0.15) is 23.0 Å². The molecule has 1 heterocycles. The molecular weight excluding hydrogens is 222 g/mol. The molecule has 1 atom stereocenters. The minimum absolute atomic E-state index is 0.0896. The van der Waals surface area contributed by atoms with Crippen LogP contribution >= 0.6 is 0 Å². The van der Waals surface area contributed by atoms with E-state index in [9.17, 15) is 14.4 Å². The molecule has 0 aliphatic carbocycles. The van der Waals surface area contributed by atoms with Crippen molar-refractivity contribution in [3.63, 3.8) is 0 Å². The zero-order chi connectivity index (χ0) is 13.2. The summed E-state index contributed by atoms with van der Waals surface area (Å²) in [5.74, 6) is 1.03. The summed E-state index contributed by atoms with van der Waals surface area (Å²) >= 11 is 0. The highest BCUT2D eigenvalue weighted by molar-refractivity contribution is 5.87. The Morgan fingerprint density at radius 1 is 1.41 bits per heavy atom. The van der Waals surface area contributed by atoms with Gasteiger partial charge in [0, 0.05) is 6.54 Å². The normalized spacial score (nSPS) is 20.1. The molecule has 1 aliphatic rings. The predicted molar refractivity (Wildman–Crippen MR) is 60.9 cm³/mol. The van der Waals surface area contributed by atoms with Crippen LogP contribution in [0.5, 0.6) is 0 Å². The number of ether oxygens (including phenoxy) is 1. The molecule has 1 fully saturated rings. The maximum Gasteiger partial charge on any atom is 0.415 e. The van der Waals surface area contributed by atoms with Crippen LogP contribution < -0.4 is 0 Å². The van der Waals surface area contributed by atoms with Crippen molar-refractivity contribution in [1.82, 2.24) is 4.90 Å². The van der Waals surface area contributed by atoms with Gasteiger partial charge in [-0.05, 0) is 34.1 Å². The summed E-state index contributed by atoms with van der Waals surface area (Å²) < 4.78 is 5.16. The summed E-state index contributed by atoms with van der Waals surface area (Å²) in [6.07, 6.45) is -0.140. The van der Waals surface area contributed by atoms with E-state index in [4.69, 9.17) is 4.74 Å². The highest BCUT2D eigenvalue weighted by Gasteiger charge is 2.37. The van der Waals surface area contributed by atoms with Crippen molar-refractivity contribution in [1.29, 1.82) is 0 Å². The van der Waals surface area contributed by atoms with Crippen molar-refractivity contribution >= 4 is 17.8 Å². The number of amides is 1. The summed E-state index contributed by atoms with van der Waals surface area (Å²) in [6, 6.07) is 0. The van der Waals surface area contributed by atoms with Gasteiger partial charge < -0.3 is 4.74 Å². The van der Waals surface area contributed by atoms with Gasteiger partial charge in [0.25, 0.3) is 0 Å². The monoisotopic (exact) mass is 239 g/mol. The standard InChI is InChI=1S/C12H17NO4/c1-8(15)9-5-6-13(10(9)7-14)11(16)17-12(2,3)4/h9H,5-6H2,1-4H3. The van der Waals surface area contributed by atoms with E-state index in [-0.39, 0.29) is 11.5 Å². The smallest absolute Gasteiger partial charge is 0.415 e. The van der Waals surface area contributed by atoms with Gasteiger partial charge in [0.05, 0.1) is 5.92 Å². The molecule has 1 saturated heterocycles. The zero-order valence-electron chi connectivity index (χ0n) is 10.6. The van der Waals surface area contributed by atoms with E-state index in [1.165, 1.54) is 11.8 Å². The molecule has 94 valence electrons. The molecule has 0 aromatic rings. The third-order valence-corrected chi connectivity index (χ3v) is 2.47. The highest BCUT2D eigenvalue weighted by atomic mass is 16.6. The van der Waals surface area contributed by atoms with Crippen LogP contribution in [-0.4, -0.2) is 34.9 Å². The van der Waals surface area contributed by atoms with E-state index in [1.54, 1.807) is 26.7 Å². The van der Waals surface area contributed by atoms with E-state index in [2.05, 4.69) is 0 Å². The second-order valence-corrected chi connectivity index (χ2v) is 5.07. The van der Waals surface area contributed by atoms with Crippen LogP contribution in [0.25, 0.3) is 0 Å². The second kappa shape index (κ2) is 4.72. The first-order valence-corrected chi connectivity index (χ1v) is 5.52. The molecule has 0 radical (unpaired) electrons. The fourth-order valence-corrected chi connectivity index (χ4v) is 1.73. The van der Waals surface area contributed by atoms with Gasteiger partial charge in [0.2, 0.25) is 0 Å². The molecular formula is C12H17NO4. The van der Waals surface area contributed by atoms with Crippen LogP contribution in [0.15, 0.2) is 5.70 Å². The molecule has 1 unspecified atom stereocenters. The van der Waals surface area contributed by atoms with Gasteiger partial charge in [-0.1, -0.05) is 0 Å². The van der Waals surface area contributed by atoms with Gasteiger partial charge in [-0.2, -0.15) is 0 Å². The Bertz CT molecular complexity index is 388. The number of Topliss-reactive ketones (excluding diaryl/α,β-unsaturated/α-hetero) is 1. The Morgan fingerprint density at radius 2 is 2.00 bits per heavy atom. The number of rotatable bonds is 1. The van der Waals surface area contributed by atoms with Gasteiger partial charge in [-0.15, -0.1) is 0 Å². The number of hydrogen-bond donors (Lipinski definition) is 0. The Hall–Kier alpha value is -1.61. The van der Waals surface area contributed by atoms with Gasteiger partial charge >= 0.3 is 6.09 Å². The van der Waals surface area contributed by atoms with Crippen molar-refractivity contribution in [2.24, 2.45) is 5.92 Å². The lowest BCUT2D eigenvalue weighted by Crippen LogP contribution is -2.35. The maximum absolute atomic E-state index is 11.8. The number of carbonyl (C=O) groups is 2. The van der Waals surface area contributed by atoms with Crippen molar-refractivity contribution in [2.75, 3.05) is 6.54 Å². The molecule has 0 spiro atoms. The molecule has 0 saturated carbocycles. The Kier molecular flexibility index (Phi) is 3.73. The predicted octanol–water partition coefficient (Wildman–Crippen LogP) is 1.55. The van der Waals surface area contributed by atoms with Crippen molar-refractivity contribution < 1.29 is 19.1 Å². The van der Waals surface area contributed by atoms with Crippen LogP contribution in [0.3, 0.4) is 0 Å².